The van der Waals surface area contributed by atoms with Gasteiger partial charge in [-0.25, -0.2) is 9.36 Å². The van der Waals surface area contributed by atoms with Gasteiger partial charge in [0.1, 0.15) is 6.04 Å². The molecule has 1 N–H and O–H groups in total. The van der Waals surface area contributed by atoms with Gasteiger partial charge < -0.3 is 5.32 Å². The first-order valence-corrected chi connectivity index (χ1v) is 10.6. The van der Waals surface area contributed by atoms with Crippen LogP contribution in [0.3, 0.4) is 0 Å². The van der Waals surface area contributed by atoms with E-state index in [0.717, 1.165) is 28.0 Å². The Labute approximate surface area is 185 Å². The van der Waals surface area contributed by atoms with E-state index in [0.29, 0.717) is 18.5 Å². The van der Waals surface area contributed by atoms with Crippen LogP contribution in [0.5, 0.6) is 0 Å². The number of hydrogen-bond donors (Lipinski definition) is 1. The van der Waals surface area contributed by atoms with Gasteiger partial charge in [-0.15, -0.1) is 0 Å². The van der Waals surface area contributed by atoms with E-state index in [1.165, 1.54) is 4.68 Å². The monoisotopic (exact) mass is 428 g/mol. The van der Waals surface area contributed by atoms with E-state index in [2.05, 4.69) is 10.4 Å². The Morgan fingerprint density at radius 1 is 1.03 bits per heavy atom. The Bertz CT molecular complexity index is 1360. The van der Waals surface area contributed by atoms with Crippen molar-refractivity contribution in [2.75, 3.05) is 13.1 Å². The number of aryl methyl sites for hydroxylation is 1. The third kappa shape index (κ3) is 3.38. The summed E-state index contributed by atoms with van der Waals surface area (Å²) in [6, 6.07) is 16.7. The lowest BCUT2D eigenvalue weighted by Crippen LogP contribution is -2.51. The summed E-state index contributed by atoms with van der Waals surface area (Å²) < 4.78 is 3.30. The van der Waals surface area contributed by atoms with E-state index in [-0.39, 0.29) is 18.1 Å². The summed E-state index contributed by atoms with van der Waals surface area (Å²) in [4.78, 5) is 28.0. The van der Waals surface area contributed by atoms with Gasteiger partial charge in [0.15, 0.2) is 0 Å². The number of hydrogen-bond acceptors (Lipinski definition) is 5. The first kappa shape index (κ1) is 20.1. The van der Waals surface area contributed by atoms with Crippen LogP contribution in [0.15, 0.2) is 65.6 Å². The topological polar surface area (TPSA) is 85.1 Å². The molecule has 3 heterocycles. The molecule has 8 nitrogen and oxygen atoms in total. The molecule has 0 spiro atoms. The SMILES string of the molecule is Cc1nn(-c2ccccc2)c(C)c1C1C(=O)NCCN1Cn1ncc2ccccc2c1=O. The quantitative estimate of drug-likeness (QED) is 0.539. The van der Waals surface area contributed by atoms with E-state index in [9.17, 15) is 9.59 Å². The van der Waals surface area contributed by atoms with Gasteiger partial charge in [-0.05, 0) is 32.0 Å². The molecular weight excluding hydrogens is 404 g/mol. The van der Waals surface area contributed by atoms with Gasteiger partial charge in [0.05, 0.1) is 29.6 Å². The van der Waals surface area contributed by atoms with Crippen LogP contribution in [-0.2, 0) is 11.5 Å². The highest BCUT2D eigenvalue weighted by molar-refractivity contribution is 5.84. The zero-order valence-corrected chi connectivity index (χ0v) is 18.0. The molecule has 1 saturated heterocycles. The summed E-state index contributed by atoms with van der Waals surface area (Å²) in [5, 5.41) is 13.5. The number of fused-ring (bicyclic) bond motifs is 1. The Hall–Kier alpha value is -3.78. The molecule has 0 bridgehead atoms. The molecule has 1 aliphatic heterocycles. The number of nitrogens with zero attached hydrogens (tertiary/aromatic N) is 5. The maximum atomic E-state index is 13.0. The van der Waals surface area contributed by atoms with E-state index in [1.54, 1.807) is 12.3 Å². The molecule has 5 rings (SSSR count). The van der Waals surface area contributed by atoms with Gasteiger partial charge >= 0.3 is 0 Å². The highest BCUT2D eigenvalue weighted by Crippen LogP contribution is 2.30. The van der Waals surface area contributed by atoms with Crippen LogP contribution < -0.4 is 10.9 Å². The minimum absolute atomic E-state index is 0.0936. The van der Waals surface area contributed by atoms with Gasteiger partial charge in [-0.2, -0.15) is 10.2 Å². The molecule has 162 valence electrons. The van der Waals surface area contributed by atoms with Gasteiger partial charge in [0.25, 0.3) is 5.56 Å². The highest BCUT2D eigenvalue weighted by atomic mass is 16.2. The van der Waals surface area contributed by atoms with Gasteiger partial charge in [0.2, 0.25) is 5.91 Å². The molecule has 1 unspecified atom stereocenters. The minimum atomic E-state index is -0.554. The Morgan fingerprint density at radius 3 is 2.59 bits per heavy atom. The zero-order chi connectivity index (χ0) is 22.2. The molecule has 8 heteroatoms. The Kier molecular flexibility index (Phi) is 5.07. The summed E-state index contributed by atoms with van der Waals surface area (Å²) >= 11 is 0. The van der Waals surface area contributed by atoms with E-state index >= 15 is 0 Å². The molecule has 1 fully saturated rings. The lowest BCUT2D eigenvalue weighted by Gasteiger charge is -2.35. The number of piperazine rings is 1. The maximum Gasteiger partial charge on any atom is 0.275 e. The van der Waals surface area contributed by atoms with Crippen molar-refractivity contribution in [3.63, 3.8) is 0 Å². The molecule has 1 aliphatic rings. The van der Waals surface area contributed by atoms with Crippen molar-refractivity contribution in [1.29, 1.82) is 0 Å². The molecule has 2 aromatic carbocycles. The number of aromatic nitrogens is 4. The van der Waals surface area contributed by atoms with Gasteiger partial charge in [-0.3, -0.25) is 14.5 Å². The smallest absolute Gasteiger partial charge is 0.275 e. The molecule has 2 aromatic heterocycles. The first-order valence-electron chi connectivity index (χ1n) is 10.6. The molecule has 0 saturated carbocycles. The molecule has 1 amide bonds. The maximum absolute atomic E-state index is 13.0. The predicted octanol–water partition coefficient (Wildman–Crippen LogP) is 2.33. The van der Waals surface area contributed by atoms with Crippen molar-refractivity contribution in [2.24, 2.45) is 0 Å². The number of benzene rings is 2. The summed E-state index contributed by atoms with van der Waals surface area (Å²) in [5.74, 6) is -0.0936. The van der Waals surface area contributed by atoms with Crippen LogP contribution in [0.25, 0.3) is 16.5 Å². The second-order valence-electron chi connectivity index (χ2n) is 8.02. The number of carbonyl (C=O) groups excluding carboxylic acids is 1. The lowest BCUT2D eigenvalue weighted by molar-refractivity contribution is -0.130. The summed E-state index contributed by atoms with van der Waals surface area (Å²) in [6.07, 6.45) is 1.69. The van der Waals surface area contributed by atoms with E-state index in [1.807, 2.05) is 72.0 Å². The van der Waals surface area contributed by atoms with Gasteiger partial charge in [-0.1, -0.05) is 36.4 Å². The molecule has 0 aliphatic carbocycles. The number of amides is 1. The van der Waals surface area contributed by atoms with Crippen LogP contribution in [-0.4, -0.2) is 43.5 Å². The Morgan fingerprint density at radius 2 is 1.78 bits per heavy atom. The number of para-hydroxylation sites is 1. The second kappa shape index (κ2) is 8.05. The van der Waals surface area contributed by atoms with Crippen molar-refractivity contribution in [2.45, 2.75) is 26.6 Å². The van der Waals surface area contributed by atoms with E-state index < -0.39 is 6.04 Å². The molecule has 0 radical (unpaired) electrons. The Balaban J connectivity index is 1.55. The highest BCUT2D eigenvalue weighted by Gasteiger charge is 2.35. The minimum Gasteiger partial charge on any atom is -0.353 e. The van der Waals surface area contributed by atoms with Crippen LogP contribution in [0.2, 0.25) is 0 Å². The van der Waals surface area contributed by atoms with Crippen LogP contribution in [0, 0.1) is 13.8 Å². The normalized spacial score (nSPS) is 16.9. The third-order valence-electron chi connectivity index (χ3n) is 6.01. The summed E-state index contributed by atoms with van der Waals surface area (Å²) in [7, 11) is 0. The fraction of sp³-hybridized carbons (Fsp3) is 0.250. The standard InChI is InChI=1S/C24H24N6O2/c1-16-21(17(2)30(27-16)19-9-4-3-5-10-19)22-23(31)25-12-13-28(22)15-29-24(32)20-11-7-6-8-18(20)14-26-29/h3-11,14,22H,12-13,15H2,1-2H3,(H,25,31). The van der Waals surface area contributed by atoms with Gasteiger partial charge in [0, 0.05) is 29.7 Å². The number of nitrogens with one attached hydrogen (secondary N) is 1. The average Bonchev–Trinajstić information content (AvgIpc) is 3.10. The molecular formula is C24H24N6O2. The largest absolute Gasteiger partial charge is 0.353 e. The van der Waals surface area contributed by atoms with Crippen molar-refractivity contribution < 1.29 is 4.79 Å². The average molecular weight is 428 g/mol. The fourth-order valence-electron chi connectivity index (χ4n) is 4.45. The van der Waals surface area contributed by atoms with Crippen LogP contribution in [0.1, 0.15) is 23.0 Å². The van der Waals surface area contributed by atoms with Crippen LogP contribution >= 0.6 is 0 Å². The molecule has 4 aromatic rings. The third-order valence-corrected chi connectivity index (χ3v) is 6.01. The van der Waals surface area contributed by atoms with Crippen molar-refractivity contribution in [3.05, 3.63) is 88.1 Å². The van der Waals surface area contributed by atoms with Crippen LogP contribution in [0.4, 0.5) is 0 Å². The van der Waals surface area contributed by atoms with Crippen molar-refractivity contribution >= 4 is 16.7 Å². The fourth-order valence-corrected chi connectivity index (χ4v) is 4.45. The van der Waals surface area contributed by atoms with E-state index in [4.69, 9.17) is 5.10 Å². The summed E-state index contributed by atoms with van der Waals surface area (Å²) in [5.41, 5.74) is 3.33. The number of rotatable bonds is 4. The lowest BCUT2D eigenvalue weighted by atomic mass is 10.0. The van der Waals surface area contributed by atoms with Crippen molar-refractivity contribution in [1.82, 2.24) is 29.8 Å². The predicted molar refractivity (Wildman–Crippen MR) is 121 cm³/mol. The second-order valence-corrected chi connectivity index (χ2v) is 8.02. The van der Waals surface area contributed by atoms with Crippen molar-refractivity contribution in [3.8, 4) is 5.69 Å². The summed E-state index contributed by atoms with van der Waals surface area (Å²) in [6.45, 7) is 5.23. The zero-order valence-electron chi connectivity index (χ0n) is 18.0. The molecule has 1 atom stereocenters. The number of carbonyl (C=O) groups is 1. The first-order chi connectivity index (χ1) is 15.5. The molecule has 32 heavy (non-hydrogen) atoms.